The number of carboxylic acids is 2. The molecule has 0 saturated carbocycles. The number of benzene rings is 3. The smallest absolute Gasteiger partial charge is 0.335 e. The molecule has 0 fully saturated rings. The molecule has 10 nitrogen and oxygen atoms in total. The number of thiophene rings is 1. The van der Waals surface area contributed by atoms with Crippen molar-refractivity contribution >= 4 is 51.6 Å². The fourth-order valence-electron chi connectivity index (χ4n) is 7.08. The number of anilines is 2. The van der Waals surface area contributed by atoms with Gasteiger partial charge in [0.1, 0.15) is 10.8 Å². The van der Waals surface area contributed by atoms with E-state index < -0.39 is 17.4 Å². The largest absolute Gasteiger partial charge is 0.481 e. The minimum Gasteiger partial charge on any atom is -0.481 e. The number of rotatable bonds is 19. The monoisotopic (exact) mass is 765 g/mol. The summed E-state index contributed by atoms with van der Waals surface area (Å²) in [6.45, 7) is 6.17. The van der Waals surface area contributed by atoms with Crippen LogP contribution in [0.2, 0.25) is 0 Å². The Bertz CT molecular complexity index is 2000. The molecule has 55 heavy (non-hydrogen) atoms. The quantitative estimate of drug-likeness (QED) is 0.0633. The van der Waals surface area contributed by atoms with E-state index in [4.69, 9.17) is 10.2 Å². The van der Waals surface area contributed by atoms with Crippen LogP contribution >= 0.6 is 11.3 Å². The van der Waals surface area contributed by atoms with Crippen LogP contribution in [-0.4, -0.2) is 45.8 Å². The number of carbonyl (C=O) groups excluding carboxylic acids is 3. The highest BCUT2D eigenvalue weighted by Crippen LogP contribution is 2.39. The zero-order chi connectivity index (χ0) is 39.5. The van der Waals surface area contributed by atoms with Crippen LogP contribution in [0.3, 0.4) is 0 Å². The van der Waals surface area contributed by atoms with E-state index >= 15 is 0 Å². The van der Waals surface area contributed by atoms with Crippen LogP contribution in [0.4, 0.5) is 10.7 Å². The summed E-state index contributed by atoms with van der Waals surface area (Å²) in [6.07, 6.45) is 7.21. The van der Waals surface area contributed by atoms with Gasteiger partial charge in [-0.1, -0.05) is 57.2 Å². The van der Waals surface area contributed by atoms with Gasteiger partial charge in [0, 0.05) is 41.6 Å². The van der Waals surface area contributed by atoms with Gasteiger partial charge >= 0.3 is 11.9 Å². The lowest BCUT2D eigenvalue weighted by Gasteiger charge is -2.22. The van der Waals surface area contributed by atoms with Crippen molar-refractivity contribution < 1.29 is 34.2 Å². The van der Waals surface area contributed by atoms with Crippen molar-refractivity contribution in [1.29, 1.82) is 0 Å². The summed E-state index contributed by atoms with van der Waals surface area (Å²) < 4.78 is 0. The van der Waals surface area contributed by atoms with Crippen molar-refractivity contribution in [3.63, 3.8) is 0 Å². The average molecular weight is 766 g/mol. The Morgan fingerprint density at radius 3 is 2.11 bits per heavy atom. The molecule has 5 rings (SSSR count). The Labute approximate surface area is 326 Å². The molecule has 1 atom stereocenters. The van der Waals surface area contributed by atoms with Crippen molar-refractivity contribution in [1.82, 2.24) is 5.32 Å². The van der Waals surface area contributed by atoms with Crippen molar-refractivity contribution in [3.8, 4) is 0 Å². The minimum absolute atomic E-state index is 0.0466. The number of amides is 2. The van der Waals surface area contributed by atoms with E-state index in [-0.39, 0.29) is 42.0 Å². The van der Waals surface area contributed by atoms with Gasteiger partial charge in [-0.05, 0) is 115 Å². The molecule has 0 saturated heterocycles. The summed E-state index contributed by atoms with van der Waals surface area (Å²) in [4.78, 5) is 63.5. The molecule has 1 aliphatic rings. The number of aryl methyl sites for hydroxylation is 3. The highest BCUT2D eigenvalue weighted by molar-refractivity contribution is 7.17. The Balaban J connectivity index is 1.18. The third-order valence-electron chi connectivity index (χ3n) is 10.1. The number of aromatic carboxylic acids is 1. The summed E-state index contributed by atoms with van der Waals surface area (Å²) in [5, 5.41) is 28.4. The Morgan fingerprint density at radius 1 is 0.782 bits per heavy atom. The van der Waals surface area contributed by atoms with Gasteiger partial charge in [0.05, 0.1) is 17.5 Å². The fraction of sp³-hybridized carbons (Fsp3) is 0.386. The van der Waals surface area contributed by atoms with E-state index in [0.717, 1.165) is 72.1 Å². The molecular formula is C44H51N3O7S. The molecule has 4 aromatic rings. The van der Waals surface area contributed by atoms with Crippen molar-refractivity contribution in [2.75, 3.05) is 10.6 Å². The molecule has 1 unspecified atom stereocenters. The standard InChI is InChI=1S/C44H51N3O7S/c1-4-33(22-23-35(48)25-44(2,3)26-38(49)50)45-27-30-8-7-9-32(24-30)40(51)47-42-39(36-10-5-6-11-37(36)55-42)41(52)46-34-20-16-29(17-21-34)13-12-28-14-18-31(19-15-28)43(53)54/h7-9,14-21,24,33,45H,4-6,10-13,22-23,25-27H2,1-3H3,(H,46,52)(H,47,51)(H,49,50)(H,53,54). The van der Waals surface area contributed by atoms with Gasteiger partial charge in [-0.25, -0.2) is 4.79 Å². The second-order valence-corrected chi connectivity index (χ2v) is 16.3. The van der Waals surface area contributed by atoms with Crippen molar-refractivity contribution in [3.05, 3.63) is 117 Å². The Kier molecular flexibility index (Phi) is 14.1. The number of ketones is 1. The maximum absolute atomic E-state index is 13.8. The zero-order valence-electron chi connectivity index (χ0n) is 31.8. The number of hydrogen-bond acceptors (Lipinski definition) is 7. The molecule has 11 heteroatoms. The first-order chi connectivity index (χ1) is 26.3. The number of nitrogens with one attached hydrogen (secondary N) is 3. The van der Waals surface area contributed by atoms with Gasteiger partial charge in [0.25, 0.3) is 11.8 Å². The van der Waals surface area contributed by atoms with Crippen LogP contribution in [0.5, 0.6) is 0 Å². The van der Waals surface area contributed by atoms with Gasteiger partial charge in [-0.15, -0.1) is 11.3 Å². The van der Waals surface area contributed by atoms with E-state index in [0.29, 0.717) is 41.2 Å². The third kappa shape index (κ3) is 11.9. The second kappa shape index (κ2) is 19.0. The maximum atomic E-state index is 13.8. The van der Waals surface area contributed by atoms with E-state index in [1.54, 1.807) is 32.0 Å². The first kappa shape index (κ1) is 41.0. The molecule has 1 aromatic heterocycles. The summed E-state index contributed by atoms with van der Waals surface area (Å²) >= 11 is 1.47. The van der Waals surface area contributed by atoms with Gasteiger partial charge in [-0.2, -0.15) is 0 Å². The van der Waals surface area contributed by atoms with E-state index in [9.17, 15) is 24.0 Å². The van der Waals surface area contributed by atoms with Crippen molar-refractivity contribution in [2.45, 2.75) is 104 Å². The number of aliphatic carboxylic acids is 1. The molecule has 1 aliphatic carbocycles. The number of fused-ring (bicyclic) bond motifs is 1. The van der Waals surface area contributed by atoms with Gasteiger partial charge in [0.2, 0.25) is 0 Å². The molecule has 2 amide bonds. The van der Waals surface area contributed by atoms with Gasteiger partial charge in [0.15, 0.2) is 0 Å². The zero-order valence-corrected chi connectivity index (χ0v) is 32.7. The third-order valence-corrected chi connectivity index (χ3v) is 11.3. The van der Waals surface area contributed by atoms with E-state index in [1.807, 2.05) is 54.6 Å². The molecule has 1 heterocycles. The lowest BCUT2D eigenvalue weighted by molar-refractivity contribution is -0.139. The number of Topliss-reactive ketones (excluding diaryl/α,β-unsaturated/α-hetero) is 1. The van der Waals surface area contributed by atoms with Crippen molar-refractivity contribution in [2.24, 2.45) is 5.41 Å². The number of carboxylic acid groups (broad SMARTS) is 2. The molecule has 5 N–H and O–H groups in total. The highest BCUT2D eigenvalue weighted by Gasteiger charge is 2.28. The maximum Gasteiger partial charge on any atom is 0.335 e. The van der Waals surface area contributed by atoms with Crippen LogP contribution in [0, 0.1) is 5.41 Å². The SMILES string of the molecule is CCC(CCC(=O)CC(C)(C)CC(=O)O)NCc1cccc(C(=O)Nc2sc3c(c2C(=O)Nc2ccc(CCc4ccc(C(=O)O)cc4)cc2)CCCC3)c1. The second-order valence-electron chi connectivity index (χ2n) is 15.2. The first-order valence-electron chi connectivity index (χ1n) is 19.0. The summed E-state index contributed by atoms with van der Waals surface area (Å²) in [5.41, 5.74) is 5.40. The van der Waals surface area contributed by atoms with Crippen LogP contribution in [0.1, 0.15) is 124 Å². The molecule has 3 aromatic carbocycles. The highest BCUT2D eigenvalue weighted by atomic mass is 32.1. The van der Waals surface area contributed by atoms with Gasteiger partial charge in [-0.3, -0.25) is 19.2 Å². The van der Waals surface area contributed by atoms with Crippen LogP contribution in [0.15, 0.2) is 72.8 Å². The fourth-order valence-corrected chi connectivity index (χ4v) is 8.37. The lowest BCUT2D eigenvalue weighted by atomic mass is 9.83. The molecule has 0 aliphatic heterocycles. The van der Waals surface area contributed by atoms with E-state index in [1.165, 1.54) is 11.3 Å². The first-order valence-corrected chi connectivity index (χ1v) is 19.9. The molecule has 0 spiro atoms. The minimum atomic E-state index is -0.945. The summed E-state index contributed by atoms with van der Waals surface area (Å²) in [6, 6.07) is 22.1. The number of hydrogen-bond donors (Lipinski definition) is 5. The van der Waals surface area contributed by atoms with Crippen LogP contribution < -0.4 is 16.0 Å². The Hall–Kier alpha value is -5.13. The van der Waals surface area contributed by atoms with E-state index in [2.05, 4.69) is 22.9 Å². The summed E-state index contributed by atoms with van der Waals surface area (Å²) in [5.74, 6) is -2.34. The van der Waals surface area contributed by atoms with Gasteiger partial charge < -0.3 is 26.2 Å². The van der Waals surface area contributed by atoms with Crippen LogP contribution in [-0.2, 0) is 41.8 Å². The summed E-state index contributed by atoms with van der Waals surface area (Å²) in [7, 11) is 0. The number of carbonyl (C=O) groups is 5. The topological polar surface area (TPSA) is 162 Å². The predicted molar refractivity (Wildman–Crippen MR) is 216 cm³/mol. The lowest BCUT2D eigenvalue weighted by Crippen LogP contribution is -2.29. The molecule has 0 radical (unpaired) electrons. The normalized spacial score (nSPS) is 13.1. The average Bonchev–Trinajstić information content (AvgIpc) is 3.52. The molecule has 290 valence electrons. The predicted octanol–water partition coefficient (Wildman–Crippen LogP) is 8.72. The van der Waals surface area contributed by atoms with Crippen LogP contribution in [0.25, 0.3) is 0 Å². The Morgan fingerprint density at radius 2 is 1.45 bits per heavy atom. The molecular weight excluding hydrogens is 715 g/mol. The molecule has 0 bridgehead atoms.